The smallest absolute Gasteiger partial charge is 0.340 e. The highest BCUT2D eigenvalue weighted by Crippen LogP contribution is 2.41. The van der Waals surface area contributed by atoms with Crippen molar-refractivity contribution < 1.29 is 28.8 Å². The Bertz CT molecular complexity index is 636. The van der Waals surface area contributed by atoms with E-state index in [9.17, 15) is 9.90 Å². The summed E-state index contributed by atoms with van der Waals surface area (Å²) in [4.78, 5) is 11.4. The molecule has 0 aliphatic heterocycles. The number of carboxylic acids is 1. The topological polar surface area (TPSA) is 74.2 Å². The van der Waals surface area contributed by atoms with Gasteiger partial charge in [0.2, 0.25) is 5.75 Å². The van der Waals surface area contributed by atoms with Crippen LogP contribution in [0, 0.1) is 0 Å². The minimum Gasteiger partial charge on any atom is -0.493 e. The zero-order chi connectivity index (χ0) is 17.0. The molecule has 0 fully saturated rings. The van der Waals surface area contributed by atoms with Gasteiger partial charge in [-0.25, -0.2) is 4.79 Å². The number of benzene rings is 1. The van der Waals surface area contributed by atoms with Crippen LogP contribution in [0.15, 0.2) is 30.4 Å². The van der Waals surface area contributed by atoms with E-state index in [2.05, 4.69) is 0 Å². The molecule has 1 aliphatic rings. The molecule has 1 aromatic rings. The van der Waals surface area contributed by atoms with E-state index in [1.807, 2.05) is 18.2 Å². The van der Waals surface area contributed by atoms with Crippen LogP contribution in [0.3, 0.4) is 0 Å². The van der Waals surface area contributed by atoms with Gasteiger partial charge in [-0.05, 0) is 29.3 Å². The van der Waals surface area contributed by atoms with Crippen LogP contribution < -0.4 is 14.2 Å². The van der Waals surface area contributed by atoms with Gasteiger partial charge in [-0.3, -0.25) is 0 Å². The average Bonchev–Trinajstić information content (AvgIpc) is 2.60. The third-order valence-corrected chi connectivity index (χ3v) is 3.88. The van der Waals surface area contributed by atoms with Gasteiger partial charge in [0.15, 0.2) is 17.1 Å². The summed E-state index contributed by atoms with van der Waals surface area (Å²) in [7, 11) is 6.02. The third kappa shape index (κ3) is 3.03. The average molecular weight is 320 g/mol. The molecular formula is C17H20O6. The molecule has 1 aromatic carbocycles. The zero-order valence-corrected chi connectivity index (χ0v) is 13.6. The molecule has 1 N–H and O–H groups in total. The van der Waals surface area contributed by atoms with Crippen molar-refractivity contribution in [1.29, 1.82) is 0 Å². The first kappa shape index (κ1) is 16.9. The summed E-state index contributed by atoms with van der Waals surface area (Å²) < 4.78 is 21.1. The van der Waals surface area contributed by atoms with Gasteiger partial charge in [0, 0.05) is 13.5 Å². The highest BCUT2D eigenvalue weighted by atomic mass is 16.5. The second kappa shape index (κ2) is 6.75. The van der Waals surface area contributed by atoms with E-state index in [1.165, 1.54) is 7.11 Å². The van der Waals surface area contributed by atoms with Gasteiger partial charge in [-0.2, -0.15) is 0 Å². The predicted molar refractivity (Wildman–Crippen MR) is 85.2 cm³/mol. The van der Waals surface area contributed by atoms with E-state index in [1.54, 1.807) is 33.5 Å². The lowest BCUT2D eigenvalue weighted by Gasteiger charge is -2.26. The maximum atomic E-state index is 11.4. The number of carboxylic acid groups (broad SMARTS) is 1. The van der Waals surface area contributed by atoms with Gasteiger partial charge in [0.05, 0.1) is 21.3 Å². The van der Waals surface area contributed by atoms with Gasteiger partial charge in [-0.1, -0.05) is 12.2 Å². The third-order valence-electron chi connectivity index (χ3n) is 3.88. The maximum absolute atomic E-state index is 11.4. The highest BCUT2D eigenvalue weighted by molar-refractivity contribution is 5.86. The minimum atomic E-state index is -1.32. The van der Waals surface area contributed by atoms with Gasteiger partial charge < -0.3 is 24.1 Å². The van der Waals surface area contributed by atoms with Gasteiger partial charge in [0.25, 0.3) is 0 Å². The van der Waals surface area contributed by atoms with Crippen LogP contribution in [0.1, 0.15) is 12.0 Å². The summed E-state index contributed by atoms with van der Waals surface area (Å²) in [6.07, 6.45) is 5.33. The molecule has 0 spiro atoms. The molecule has 0 aromatic heterocycles. The summed E-state index contributed by atoms with van der Waals surface area (Å²) in [6.45, 7) is 0. The number of hydrogen-bond donors (Lipinski definition) is 1. The van der Waals surface area contributed by atoms with Gasteiger partial charge >= 0.3 is 5.97 Å². The van der Waals surface area contributed by atoms with E-state index >= 15 is 0 Å². The van der Waals surface area contributed by atoms with Gasteiger partial charge in [-0.15, -0.1) is 0 Å². The Kier molecular flexibility index (Phi) is 4.95. The molecule has 0 bridgehead atoms. The SMILES string of the molecule is COc1cc(C2=CCC(OC)(C(=O)O)C=C2)cc(OC)c1OC. The van der Waals surface area contributed by atoms with Crippen LogP contribution >= 0.6 is 0 Å². The maximum Gasteiger partial charge on any atom is 0.340 e. The molecule has 0 amide bonds. The minimum absolute atomic E-state index is 0.237. The molecule has 0 saturated heterocycles. The lowest BCUT2D eigenvalue weighted by atomic mass is 9.89. The Hall–Kier alpha value is -2.47. The molecular weight excluding hydrogens is 300 g/mol. The molecule has 6 nitrogen and oxygen atoms in total. The molecule has 1 atom stereocenters. The highest BCUT2D eigenvalue weighted by Gasteiger charge is 2.36. The van der Waals surface area contributed by atoms with Crippen molar-refractivity contribution in [2.24, 2.45) is 0 Å². The zero-order valence-electron chi connectivity index (χ0n) is 13.6. The Labute approximate surface area is 134 Å². The Balaban J connectivity index is 2.41. The second-order valence-corrected chi connectivity index (χ2v) is 5.01. The summed E-state index contributed by atoms with van der Waals surface area (Å²) in [5, 5.41) is 9.32. The standard InChI is InChI=1S/C17H20O6/c1-20-13-9-12(10-14(21-2)15(13)22-3)11-5-7-17(23-4,8-6-11)16(18)19/h5-7,9-10H,8H2,1-4H3,(H,18,19). The fourth-order valence-electron chi connectivity index (χ4n) is 2.48. The van der Waals surface area contributed by atoms with Crippen LogP contribution in [0.2, 0.25) is 0 Å². The normalized spacial score (nSPS) is 19.9. The van der Waals surface area contributed by atoms with Crippen LogP contribution in [0.25, 0.3) is 5.57 Å². The molecule has 6 heteroatoms. The first-order valence-electron chi connectivity index (χ1n) is 6.99. The van der Waals surface area contributed by atoms with Crippen molar-refractivity contribution in [3.05, 3.63) is 35.9 Å². The number of ether oxygens (including phenoxy) is 4. The molecule has 1 aliphatic carbocycles. The molecule has 23 heavy (non-hydrogen) atoms. The summed E-state index contributed by atoms with van der Waals surface area (Å²) in [5.41, 5.74) is 0.383. The predicted octanol–water partition coefficient (Wildman–Crippen LogP) is 2.53. The largest absolute Gasteiger partial charge is 0.493 e. The van der Waals surface area contributed by atoms with E-state index in [0.717, 1.165) is 11.1 Å². The lowest BCUT2D eigenvalue weighted by molar-refractivity contribution is -0.156. The number of allylic oxidation sites excluding steroid dienone is 2. The lowest BCUT2D eigenvalue weighted by Crippen LogP contribution is -2.39. The number of aliphatic carboxylic acids is 1. The van der Waals surface area contributed by atoms with Crippen molar-refractivity contribution >= 4 is 11.5 Å². The summed E-state index contributed by atoms with van der Waals surface area (Å²) in [5.74, 6) is 0.572. The van der Waals surface area contributed by atoms with Gasteiger partial charge in [0.1, 0.15) is 0 Å². The Morgan fingerprint density at radius 1 is 1.09 bits per heavy atom. The molecule has 2 rings (SSSR count). The molecule has 124 valence electrons. The quantitative estimate of drug-likeness (QED) is 0.868. The monoisotopic (exact) mass is 320 g/mol. The molecule has 0 heterocycles. The second-order valence-electron chi connectivity index (χ2n) is 5.01. The van der Waals surface area contributed by atoms with Crippen LogP contribution in [0.5, 0.6) is 17.2 Å². The Morgan fingerprint density at radius 3 is 2.04 bits per heavy atom. The van der Waals surface area contributed by atoms with E-state index < -0.39 is 11.6 Å². The van der Waals surface area contributed by atoms with Crippen molar-refractivity contribution in [1.82, 2.24) is 0 Å². The fourth-order valence-corrected chi connectivity index (χ4v) is 2.48. The number of carbonyl (C=O) groups is 1. The first-order valence-corrected chi connectivity index (χ1v) is 6.99. The number of hydrogen-bond acceptors (Lipinski definition) is 5. The number of methoxy groups -OCH3 is 4. The van der Waals surface area contributed by atoms with E-state index in [-0.39, 0.29) is 6.42 Å². The Morgan fingerprint density at radius 2 is 1.70 bits per heavy atom. The van der Waals surface area contributed by atoms with Crippen LogP contribution in [0.4, 0.5) is 0 Å². The fraction of sp³-hybridized carbons (Fsp3) is 0.353. The summed E-state index contributed by atoms with van der Waals surface area (Å²) >= 11 is 0. The number of rotatable bonds is 6. The van der Waals surface area contributed by atoms with E-state index in [0.29, 0.717) is 17.2 Å². The first-order chi connectivity index (χ1) is 11.0. The van der Waals surface area contributed by atoms with Crippen LogP contribution in [-0.2, 0) is 9.53 Å². The molecule has 1 unspecified atom stereocenters. The van der Waals surface area contributed by atoms with Crippen molar-refractivity contribution in [3.63, 3.8) is 0 Å². The molecule has 0 radical (unpaired) electrons. The van der Waals surface area contributed by atoms with Crippen LogP contribution in [-0.4, -0.2) is 45.1 Å². The van der Waals surface area contributed by atoms with Crippen molar-refractivity contribution in [2.45, 2.75) is 12.0 Å². The van der Waals surface area contributed by atoms with E-state index in [4.69, 9.17) is 18.9 Å². The van der Waals surface area contributed by atoms with Crippen molar-refractivity contribution in [2.75, 3.05) is 28.4 Å². The van der Waals surface area contributed by atoms with Crippen molar-refractivity contribution in [3.8, 4) is 17.2 Å². The molecule has 0 saturated carbocycles. The summed E-state index contributed by atoms with van der Waals surface area (Å²) in [6, 6.07) is 3.64.